The molecule has 2 aromatic heterocycles. The Bertz CT molecular complexity index is 644. The van der Waals surface area contributed by atoms with Gasteiger partial charge >= 0.3 is 5.97 Å². The molecule has 0 radical (unpaired) electrons. The Morgan fingerprint density at radius 1 is 1.52 bits per heavy atom. The first-order valence-corrected chi connectivity index (χ1v) is 9.06. The summed E-state index contributed by atoms with van der Waals surface area (Å²) >= 11 is 6.41. The first-order valence-electron chi connectivity index (χ1n) is 6.41. The number of aromatic nitrogens is 2. The number of hydrogen-bond donors (Lipinski definition) is 1. The zero-order chi connectivity index (χ0) is 15.6. The Morgan fingerprint density at radius 2 is 2.24 bits per heavy atom. The molecule has 0 unspecified atom stereocenters. The van der Waals surface area contributed by atoms with Crippen LogP contribution in [-0.2, 0) is 16.8 Å². The third kappa shape index (κ3) is 4.34. The number of halogens is 1. The lowest BCUT2D eigenvalue weighted by Crippen LogP contribution is -2.18. The molecule has 0 aliphatic heterocycles. The van der Waals surface area contributed by atoms with Crippen LogP contribution in [0.15, 0.2) is 27.3 Å². The number of aliphatic carboxylic acids is 1. The molecule has 2 heterocycles. The summed E-state index contributed by atoms with van der Waals surface area (Å²) in [7, 11) is 0. The maximum absolute atomic E-state index is 10.8. The Hall–Kier alpha value is -0.790. The third-order valence-corrected chi connectivity index (χ3v) is 5.51. The van der Waals surface area contributed by atoms with E-state index in [0.717, 1.165) is 15.3 Å². The summed E-state index contributed by atoms with van der Waals surface area (Å²) in [5.74, 6) is -0.805. The van der Waals surface area contributed by atoms with Crippen LogP contribution in [0.1, 0.15) is 31.3 Å². The van der Waals surface area contributed by atoms with Crippen LogP contribution in [0, 0.1) is 0 Å². The molecule has 1 N–H and O–H groups in total. The van der Waals surface area contributed by atoms with Gasteiger partial charge in [0.1, 0.15) is 0 Å². The number of rotatable bonds is 5. The van der Waals surface area contributed by atoms with Crippen molar-refractivity contribution in [1.82, 2.24) is 9.55 Å². The standard InChI is InChI=1S/C14H17BrN2O2S2/c1-14(2,3)11-5-16-13(21-8-12(18)19)17(11)6-10-4-9(15)7-20-10/h4-5,7H,6,8H2,1-3H3,(H,18,19). The number of thioether (sulfide) groups is 1. The summed E-state index contributed by atoms with van der Waals surface area (Å²) in [5.41, 5.74) is 1.07. The van der Waals surface area contributed by atoms with Crippen LogP contribution < -0.4 is 0 Å². The normalized spacial score (nSPS) is 11.8. The average molecular weight is 389 g/mol. The highest BCUT2D eigenvalue weighted by Crippen LogP contribution is 2.30. The molecule has 2 aromatic rings. The Labute approximate surface area is 140 Å². The molecule has 0 spiro atoms. The van der Waals surface area contributed by atoms with Gasteiger partial charge in [-0.3, -0.25) is 4.79 Å². The smallest absolute Gasteiger partial charge is 0.313 e. The maximum atomic E-state index is 10.8. The second kappa shape index (κ2) is 6.54. The van der Waals surface area contributed by atoms with Gasteiger partial charge in [0.15, 0.2) is 5.16 Å². The van der Waals surface area contributed by atoms with Crippen molar-refractivity contribution in [3.05, 3.63) is 32.7 Å². The van der Waals surface area contributed by atoms with E-state index in [1.165, 1.54) is 16.6 Å². The quantitative estimate of drug-likeness (QED) is 0.778. The van der Waals surface area contributed by atoms with Gasteiger partial charge in [-0.05, 0) is 22.0 Å². The number of hydrogen-bond acceptors (Lipinski definition) is 4. The predicted molar refractivity (Wildman–Crippen MR) is 90.4 cm³/mol. The molecular weight excluding hydrogens is 372 g/mol. The van der Waals surface area contributed by atoms with Gasteiger partial charge in [-0.2, -0.15) is 0 Å². The van der Waals surface area contributed by atoms with E-state index in [1.54, 1.807) is 11.3 Å². The van der Waals surface area contributed by atoms with Gasteiger partial charge in [0.05, 0.1) is 12.3 Å². The number of carboxylic acid groups (broad SMARTS) is 1. The molecule has 0 aromatic carbocycles. The molecule has 0 atom stereocenters. The van der Waals surface area contributed by atoms with Crippen LogP contribution in [0.4, 0.5) is 0 Å². The van der Waals surface area contributed by atoms with Crippen molar-refractivity contribution in [1.29, 1.82) is 0 Å². The van der Waals surface area contributed by atoms with Crippen molar-refractivity contribution in [2.75, 3.05) is 5.75 Å². The van der Waals surface area contributed by atoms with Gasteiger partial charge in [-0.15, -0.1) is 11.3 Å². The first kappa shape index (κ1) is 16.6. The Morgan fingerprint density at radius 3 is 2.76 bits per heavy atom. The summed E-state index contributed by atoms with van der Waals surface area (Å²) in [5, 5.41) is 11.7. The second-order valence-electron chi connectivity index (χ2n) is 5.68. The average Bonchev–Trinajstić information content (AvgIpc) is 2.93. The Kier molecular flexibility index (Phi) is 5.16. The molecule has 0 aliphatic carbocycles. The highest BCUT2D eigenvalue weighted by Gasteiger charge is 2.22. The molecule has 0 saturated heterocycles. The zero-order valence-electron chi connectivity index (χ0n) is 12.1. The minimum atomic E-state index is -0.828. The van der Waals surface area contributed by atoms with Crippen molar-refractivity contribution in [2.24, 2.45) is 0 Å². The number of imidazole rings is 1. The van der Waals surface area contributed by atoms with Crippen molar-refractivity contribution in [2.45, 2.75) is 37.9 Å². The topological polar surface area (TPSA) is 55.1 Å². The third-order valence-electron chi connectivity index (χ3n) is 2.85. The molecule has 2 rings (SSSR count). The number of thiophene rings is 1. The molecule has 4 nitrogen and oxygen atoms in total. The van der Waals surface area contributed by atoms with Gasteiger partial charge in [0.2, 0.25) is 0 Å². The van der Waals surface area contributed by atoms with Crippen molar-refractivity contribution >= 4 is 45.0 Å². The molecule has 0 bridgehead atoms. The van der Waals surface area contributed by atoms with E-state index in [2.05, 4.69) is 52.3 Å². The van der Waals surface area contributed by atoms with Crippen molar-refractivity contribution in [3.63, 3.8) is 0 Å². The van der Waals surface area contributed by atoms with Crippen LogP contribution >= 0.6 is 39.0 Å². The SMILES string of the molecule is CC(C)(C)c1cnc(SCC(=O)O)n1Cc1cc(Br)cs1. The fourth-order valence-corrected chi connectivity index (χ4v) is 4.08. The minimum absolute atomic E-state index is 0.0226. The highest BCUT2D eigenvalue weighted by atomic mass is 79.9. The summed E-state index contributed by atoms with van der Waals surface area (Å²) < 4.78 is 3.19. The van der Waals surface area contributed by atoms with Gasteiger partial charge in [0.25, 0.3) is 0 Å². The monoisotopic (exact) mass is 388 g/mol. The molecule has 0 aliphatic rings. The summed E-state index contributed by atoms with van der Waals surface area (Å²) in [6.07, 6.45) is 1.85. The number of carboxylic acids is 1. The first-order chi connectivity index (χ1) is 9.77. The lowest BCUT2D eigenvalue weighted by Gasteiger charge is -2.21. The van der Waals surface area contributed by atoms with E-state index in [9.17, 15) is 4.79 Å². The van der Waals surface area contributed by atoms with Gasteiger partial charge in [0, 0.05) is 32.0 Å². The molecule has 0 fully saturated rings. The molecule has 21 heavy (non-hydrogen) atoms. The minimum Gasteiger partial charge on any atom is -0.481 e. The molecule has 0 amide bonds. The van der Waals surface area contributed by atoms with Crippen LogP contribution in [-0.4, -0.2) is 26.4 Å². The fraction of sp³-hybridized carbons (Fsp3) is 0.429. The molecule has 7 heteroatoms. The fourth-order valence-electron chi connectivity index (χ4n) is 1.94. The van der Waals surface area contributed by atoms with Crippen molar-refractivity contribution in [3.8, 4) is 0 Å². The van der Waals surface area contributed by atoms with Crippen LogP contribution in [0.25, 0.3) is 0 Å². The predicted octanol–water partition coefficient (Wildman–Crippen LogP) is 4.23. The maximum Gasteiger partial charge on any atom is 0.313 e. The molecule has 0 saturated carbocycles. The number of nitrogens with zero attached hydrogens (tertiary/aromatic N) is 2. The Balaban J connectivity index is 2.33. The highest BCUT2D eigenvalue weighted by molar-refractivity contribution is 9.10. The van der Waals surface area contributed by atoms with E-state index in [4.69, 9.17) is 5.11 Å². The largest absolute Gasteiger partial charge is 0.481 e. The van der Waals surface area contributed by atoms with E-state index in [0.29, 0.717) is 6.54 Å². The van der Waals surface area contributed by atoms with Gasteiger partial charge in [-0.25, -0.2) is 4.98 Å². The molecular formula is C14H17BrN2O2S2. The lowest BCUT2D eigenvalue weighted by molar-refractivity contribution is -0.133. The van der Waals surface area contributed by atoms with Crippen LogP contribution in [0.5, 0.6) is 0 Å². The van der Waals surface area contributed by atoms with E-state index < -0.39 is 5.97 Å². The zero-order valence-corrected chi connectivity index (χ0v) is 15.3. The number of carbonyl (C=O) groups is 1. The van der Waals surface area contributed by atoms with Crippen molar-refractivity contribution < 1.29 is 9.90 Å². The van der Waals surface area contributed by atoms with Gasteiger partial charge < -0.3 is 9.67 Å². The second-order valence-corrected chi connectivity index (χ2v) is 8.53. The van der Waals surface area contributed by atoms with E-state index in [-0.39, 0.29) is 11.2 Å². The summed E-state index contributed by atoms with van der Waals surface area (Å²) in [6, 6.07) is 2.09. The lowest BCUT2D eigenvalue weighted by atomic mass is 9.92. The molecule has 114 valence electrons. The van der Waals surface area contributed by atoms with Crippen LogP contribution in [0.2, 0.25) is 0 Å². The van der Waals surface area contributed by atoms with E-state index in [1.807, 2.05) is 11.6 Å². The van der Waals surface area contributed by atoms with Crippen LogP contribution in [0.3, 0.4) is 0 Å². The van der Waals surface area contributed by atoms with E-state index >= 15 is 0 Å². The van der Waals surface area contributed by atoms with Gasteiger partial charge in [-0.1, -0.05) is 32.5 Å². The summed E-state index contributed by atoms with van der Waals surface area (Å²) in [4.78, 5) is 16.4. The summed E-state index contributed by atoms with van der Waals surface area (Å²) in [6.45, 7) is 7.12.